The van der Waals surface area contributed by atoms with E-state index in [1.54, 1.807) is 0 Å². The van der Waals surface area contributed by atoms with E-state index in [1.807, 2.05) is 24.3 Å². The topological polar surface area (TPSA) is 38.5 Å². The summed E-state index contributed by atoms with van der Waals surface area (Å²) >= 11 is 0. The van der Waals surface area contributed by atoms with Gasteiger partial charge in [0.05, 0.1) is 6.61 Å². The Kier molecular flexibility index (Phi) is 5.86. The van der Waals surface area contributed by atoms with Crippen LogP contribution in [0.2, 0.25) is 0 Å². The lowest BCUT2D eigenvalue weighted by Gasteiger charge is -2.36. The summed E-state index contributed by atoms with van der Waals surface area (Å²) < 4.78 is 5.87. The average Bonchev–Trinajstić information content (AvgIpc) is 2.46. The maximum absolute atomic E-state index is 5.87. The Hall–Kier alpha value is -1.06. The molecule has 0 radical (unpaired) electrons. The van der Waals surface area contributed by atoms with Crippen LogP contribution >= 0.6 is 0 Å². The Morgan fingerprint density at radius 2 is 2.10 bits per heavy atom. The molecule has 2 unspecified atom stereocenters. The lowest BCUT2D eigenvalue weighted by Crippen LogP contribution is -2.41. The summed E-state index contributed by atoms with van der Waals surface area (Å²) in [7, 11) is 0. The molecule has 0 saturated carbocycles. The monoisotopic (exact) mass is 276 g/mol. The van der Waals surface area contributed by atoms with Gasteiger partial charge < -0.3 is 15.4 Å². The maximum atomic E-state index is 5.87. The van der Waals surface area contributed by atoms with Crippen LogP contribution in [0.15, 0.2) is 24.3 Å². The fraction of sp³-hybridized carbons (Fsp3) is 0.647. The molecule has 2 N–H and O–H groups in total. The number of rotatable bonds is 6. The quantitative estimate of drug-likeness (QED) is 0.812. The van der Waals surface area contributed by atoms with E-state index >= 15 is 0 Å². The molecule has 3 nitrogen and oxygen atoms in total. The number of benzene rings is 1. The van der Waals surface area contributed by atoms with Crippen LogP contribution in [0.4, 0.5) is 0 Å². The van der Waals surface area contributed by atoms with Gasteiger partial charge >= 0.3 is 0 Å². The minimum atomic E-state index is 0.539. The highest BCUT2D eigenvalue weighted by Crippen LogP contribution is 2.22. The Balaban J connectivity index is 1.71. The molecule has 0 spiro atoms. The van der Waals surface area contributed by atoms with E-state index in [2.05, 4.69) is 18.7 Å². The zero-order chi connectivity index (χ0) is 14.4. The zero-order valence-electron chi connectivity index (χ0n) is 12.8. The van der Waals surface area contributed by atoms with Gasteiger partial charge in [0.2, 0.25) is 0 Å². The Labute approximate surface area is 123 Å². The molecular weight excluding hydrogens is 248 g/mol. The normalized spacial score (nSPS) is 23.8. The first kappa shape index (κ1) is 15.3. The third-order valence-electron chi connectivity index (χ3n) is 4.32. The summed E-state index contributed by atoms with van der Waals surface area (Å²) in [5, 5.41) is 0. The molecule has 0 aliphatic carbocycles. The molecule has 0 amide bonds. The molecule has 1 heterocycles. The molecule has 0 bridgehead atoms. The standard InChI is InChI=1S/C17H28N2O/c1-14-8-10-19(15(2)12-14)9-5-11-20-17-7-4-3-6-16(17)13-18/h3-4,6-7,14-15H,5,8-13,18H2,1-2H3. The molecule has 1 saturated heterocycles. The number of hydrogen-bond donors (Lipinski definition) is 1. The molecule has 20 heavy (non-hydrogen) atoms. The number of ether oxygens (including phenoxy) is 1. The van der Waals surface area contributed by atoms with Gasteiger partial charge in [0.25, 0.3) is 0 Å². The summed E-state index contributed by atoms with van der Waals surface area (Å²) in [6.45, 7) is 8.40. The Bertz CT molecular complexity index is 408. The van der Waals surface area contributed by atoms with Crippen LogP contribution < -0.4 is 10.5 Å². The molecule has 3 heteroatoms. The maximum Gasteiger partial charge on any atom is 0.123 e. The Morgan fingerprint density at radius 3 is 2.85 bits per heavy atom. The first-order valence-electron chi connectivity index (χ1n) is 7.85. The number of para-hydroxylation sites is 1. The van der Waals surface area contributed by atoms with Crippen molar-refractivity contribution >= 4 is 0 Å². The first-order valence-corrected chi connectivity index (χ1v) is 7.85. The van der Waals surface area contributed by atoms with E-state index in [1.165, 1.54) is 19.4 Å². The molecule has 1 aromatic rings. The van der Waals surface area contributed by atoms with Gasteiger partial charge in [-0.2, -0.15) is 0 Å². The van der Waals surface area contributed by atoms with Crippen LogP contribution in [0.25, 0.3) is 0 Å². The van der Waals surface area contributed by atoms with Crippen molar-refractivity contribution in [3.63, 3.8) is 0 Å². The van der Waals surface area contributed by atoms with Crippen LogP contribution in [-0.2, 0) is 6.54 Å². The molecule has 1 aromatic carbocycles. The van der Waals surface area contributed by atoms with Gasteiger partial charge in [-0.15, -0.1) is 0 Å². The van der Waals surface area contributed by atoms with Crippen LogP contribution in [0.1, 0.15) is 38.7 Å². The number of hydrogen-bond acceptors (Lipinski definition) is 3. The molecule has 1 aliphatic heterocycles. The molecule has 0 aromatic heterocycles. The highest BCUT2D eigenvalue weighted by Gasteiger charge is 2.21. The number of likely N-dealkylation sites (tertiary alicyclic amines) is 1. The van der Waals surface area contributed by atoms with Crippen LogP contribution in [0.3, 0.4) is 0 Å². The molecular formula is C17H28N2O. The van der Waals surface area contributed by atoms with Crippen LogP contribution in [0, 0.1) is 5.92 Å². The molecule has 1 aliphatic rings. The second-order valence-electron chi connectivity index (χ2n) is 6.03. The second kappa shape index (κ2) is 7.65. The fourth-order valence-corrected chi connectivity index (χ4v) is 3.05. The molecule has 2 rings (SSSR count). The van der Waals surface area contributed by atoms with Gasteiger partial charge in [-0.3, -0.25) is 0 Å². The van der Waals surface area contributed by atoms with Crippen molar-refractivity contribution in [1.29, 1.82) is 0 Å². The zero-order valence-corrected chi connectivity index (χ0v) is 12.8. The van der Waals surface area contributed by atoms with E-state index in [4.69, 9.17) is 10.5 Å². The van der Waals surface area contributed by atoms with Crippen molar-refractivity contribution < 1.29 is 4.74 Å². The summed E-state index contributed by atoms with van der Waals surface area (Å²) in [6.07, 6.45) is 3.75. The van der Waals surface area contributed by atoms with Gasteiger partial charge in [0, 0.05) is 24.7 Å². The van der Waals surface area contributed by atoms with Gasteiger partial charge in [0.1, 0.15) is 5.75 Å². The largest absolute Gasteiger partial charge is 0.493 e. The van der Waals surface area contributed by atoms with Crippen molar-refractivity contribution in [2.24, 2.45) is 11.7 Å². The van der Waals surface area contributed by atoms with Crippen molar-refractivity contribution in [2.45, 2.75) is 45.7 Å². The smallest absolute Gasteiger partial charge is 0.123 e. The first-order chi connectivity index (χ1) is 9.70. The van der Waals surface area contributed by atoms with Crippen LogP contribution in [-0.4, -0.2) is 30.6 Å². The van der Waals surface area contributed by atoms with Crippen molar-refractivity contribution in [2.75, 3.05) is 19.7 Å². The van der Waals surface area contributed by atoms with Gasteiger partial charge in [-0.25, -0.2) is 0 Å². The number of nitrogens with two attached hydrogens (primary N) is 1. The fourth-order valence-electron chi connectivity index (χ4n) is 3.05. The highest BCUT2D eigenvalue weighted by molar-refractivity contribution is 5.32. The number of nitrogens with zero attached hydrogens (tertiary/aromatic N) is 1. The summed E-state index contributed by atoms with van der Waals surface area (Å²) in [6, 6.07) is 8.76. The third-order valence-corrected chi connectivity index (χ3v) is 4.32. The van der Waals surface area contributed by atoms with Crippen LogP contribution in [0.5, 0.6) is 5.75 Å². The van der Waals surface area contributed by atoms with Crippen molar-refractivity contribution in [3.05, 3.63) is 29.8 Å². The van der Waals surface area contributed by atoms with E-state index in [0.29, 0.717) is 6.54 Å². The Morgan fingerprint density at radius 1 is 1.30 bits per heavy atom. The lowest BCUT2D eigenvalue weighted by molar-refractivity contribution is 0.121. The van der Waals surface area contributed by atoms with E-state index in [-0.39, 0.29) is 0 Å². The van der Waals surface area contributed by atoms with Crippen molar-refractivity contribution in [3.8, 4) is 5.75 Å². The number of piperidine rings is 1. The predicted molar refractivity (Wildman–Crippen MR) is 83.9 cm³/mol. The molecule has 1 fully saturated rings. The second-order valence-corrected chi connectivity index (χ2v) is 6.03. The summed E-state index contributed by atoms with van der Waals surface area (Å²) in [5.74, 6) is 1.82. The van der Waals surface area contributed by atoms with E-state index in [9.17, 15) is 0 Å². The third kappa shape index (κ3) is 4.22. The van der Waals surface area contributed by atoms with Gasteiger partial charge in [-0.05, 0) is 44.7 Å². The molecule has 112 valence electrons. The summed E-state index contributed by atoms with van der Waals surface area (Å²) in [5.41, 5.74) is 6.81. The minimum Gasteiger partial charge on any atom is -0.493 e. The summed E-state index contributed by atoms with van der Waals surface area (Å²) in [4.78, 5) is 2.60. The van der Waals surface area contributed by atoms with Gasteiger partial charge in [0.15, 0.2) is 0 Å². The predicted octanol–water partition coefficient (Wildman–Crippen LogP) is 3.03. The van der Waals surface area contributed by atoms with Crippen molar-refractivity contribution in [1.82, 2.24) is 4.90 Å². The molecule has 2 atom stereocenters. The van der Waals surface area contributed by atoms with Gasteiger partial charge in [-0.1, -0.05) is 25.1 Å². The van der Waals surface area contributed by atoms with E-state index in [0.717, 1.165) is 42.8 Å². The highest BCUT2D eigenvalue weighted by atomic mass is 16.5. The average molecular weight is 276 g/mol. The SMILES string of the molecule is CC1CCN(CCCOc2ccccc2CN)C(C)C1. The van der Waals surface area contributed by atoms with E-state index < -0.39 is 0 Å². The lowest BCUT2D eigenvalue weighted by atomic mass is 9.93. The minimum absolute atomic E-state index is 0.539.